The van der Waals surface area contributed by atoms with Crippen LogP contribution in [0.3, 0.4) is 0 Å². The minimum Gasteiger partial charge on any atom is -0.466 e. The first-order chi connectivity index (χ1) is 9.60. The Morgan fingerprint density at radius 3 is 2.43 bits per heavy atom. The zero-order valence-corrected chi connectivity index (χ0v) is 14.2. The van der Waals surface area contributed by atoms with Crippen LogP contribution in [0.15, 0.2) is 11.1 Å². The number of carbonyl (C=O) groups excluding carboxylic acids is 1. The molecule has 0 saturated heterocycles. The second-order valence-electron chi connectivity index (χ2n) is 7.89. The third kappa shape index (κ3) is 2.90. The second kappa shape index (κ2) is 5.42. The lowest BCUT2D eigenvalue weighted by Gasteiger charge is -2.53. The summed E-state index contributed by atoms with van der Waals surface area (Å²) in [6, 6.07) is 0. The largest absolute Gasteiger partial charge is 0.466 e. The molecule has 0 heterocycles. The minimum atomic E-state index is -0.723. The highest BCUT2D eigenvalue weighted by atomic mass is 16.5. The Balaban J connectivity index is 2.35. The lowest BCUT2D eigenvalue weighted by molar-refractivity contribution is -0.143. The number of esters is 1. The van der Waals surface area contributed by atoms with E-state index in [1.54, 1.807) is 5.57 Å². The summed E-state index contributed by atoms with van der Waals surface area (Å²) < 4.78 is 5.16. The van der Waals surface area contributed by atoms with Crippen molar-refractivity contribution in [3.05, 3.63) is 11.1 Å². The second-order valence-corrected chi connectivity index (χ2v) is 7.89. The average molecular weight is 294 g/mol. The normalized spacial score (nSPS) is 35.3. The first-order valence-corrected chi connectivity index (χ1v) is 8.19. The lowest BCUT2D eigenvalue weighted by Crippen LogP contribution is -2.50. The van der Waals surface area contributed by atoms with E-state index in [0.717, 1.165) is 19.3 Å². The van der Waals surface area contributed by atoms with Crippen LogP contribution in [0.25, 0.3) is 0 Å². The van der Waals surface area contributed by atoms with Gasteiger partial charge in [-0.25, -0.2) is 0 Å². The standard InChI is InChI=1S/C18H30O3/c1-13(19)21-12-11-17(4)15-7-6-9-16(2,3)14(15)8-10-18(17,5)20/h20H,6-12H2,1-5H3/t17-,18+/m0/s1. The molecule has 0 radical (unpaired) electrons. The summed E-state index contributed by atoms with van der Waals surface area (Å²) >= 11 is 0. The molecule has 1 N–H and O–H groups in total. The molecule has 0 spiro atoms. The van der Waals surface area contributed by atoms with Gasteiger partial charge in [-0.2, -0.15) is 0 Å². The fraction of sp³-hybridized carbons (Fsp3) is 0.833. The van der Waals surface area contributed by atoms with Crippen molar-refractivity contribution < 1.29 is 14.6 Å². The van der Waals surface area contributed by atoms with Crippen LogP contribution in [-0.4, -0.2) is 23.3 Å². The van der Waals surface area contributed by atoms with E-state index >= 15 is 0 Å². The molecule has 2 atom stereocenters. The van der Waals surface area contributed by atoms with Gasteiger partial charge in [0.2, 0.25) is 0 Å². The molecular weight excluding hydrogens is 264 g/mol. The van der Waals surface area contributed by atoms with Crippen molar-refractivity contribution in [2.24, 2.45) is 10.8 Å². The number of hydrogen-bond donors (Lipinski definition) is 1. The van der Waals surface area contributed by atoms with Crippen LogP contribution in [0, 0.1) is 10.8 Å². The zero-order chi connectivity index (χ0) is 15.9. The quantitative estimate of drug-likeness (QED) is 0.632. The maximum absolute atomic E-state index is 11.0. The Hall–Kier alpha value is -0.830. The Morgan fingerprint density at radius 2 is 1.81 bits per heavy atom. The fourth-order valence-electron chi connectivity index (χ4n) is 4.30. The van der Waals surface area contributed by atoms with E-state index < -0.39 is 5.60 Å². The molecule has 0 saturated carbocycles. The molecule has 0 fully saturated rings. The molecule has 3 nitrogen and oxygen atoms in total. The lowest BCUT2D eigenvalue weighted by atomic mass is 9.54. The molecule has 0 amide bonds. The van der Waals surface area contributed by atoms with Gasteiger partial charge in [0.1, 0.15) is 0 Å². The first-order valence-electron chi connectivity index (χ1n) is 8.19. The van der Waals surface area contributed by atoms with Crippen molar-refractivity contribution in [2.75, 3.05) is 6.61 Å². The SMILES string of the molecule is CC(=O)OCC[C@@]1(C)C2=C(CC[C@@]1(C)O)C(C)(C)CCC2. The van der Waals surface area contributed by atoms with Crippen LogP contribution in [0.2, 0.25) is 0 Å². The molecule has 0 aromatic carbocycles. The predicted molar refractivity (Wildman–Crippen MR) is 83.9 cm³/mol. The van der Waals surface area contributed by atoms with E-state index in [2.05, 4.69) is 20.8 Å². The fourth-order valence-corrected chi connectivity index (χ4v) is 4.30. The van der Waals surface area contributed by atoms with Crippen molar-refractivity contribution in [1.29, 1.82) is 0 Å². The molecule has 2 rings (SSSR count). The van der Waals surface area contributed by atoms with Crippen LogP contribution in [0.4, 0.5) is 0 Å². The number of allylic oxidation sites excluding steroid dienone is 1. The summed E-state index contributed by atoms with van der Waals surface area (Å²) in [5, 5.41) is 11.0. The van der Waals surface area contributed by atoms with Crippen LogP contribution in [0.5, 0.6) is 0 Å². The monoisotopic (exact) mass is 294 g/mol. The van der Waals surface area contributed by atoms with Crippen molar-refractivity contribution >= 4 is 5.97 Å². The number of hydrogen-bond acceptors (Lipinski definition) is 3. The molecule has 0 aliphatic heterocycles. The Kier molecular flexibility index (Phi) is 4.27. The Bertz CT molecular complexity index is 459. The van der Waals surface area contributed by atoms with E-state index in [-0.39, 0.29) is 16.8 Å². The van der Waals surface area contributed by atoms with Gasteiger partial charge < -0.3 is 9.84 Å². The van der Waals surface area contributed by atoms with Gasteiger partial charge in [-0.15, -0.1) is 0 Å². The summed E-state index contributed by atoms with van der Waals surface area (Å²) in [6.07, 6.45) is 5.99. The summed E-state index contributed by atoms with van der Waals surface area (Å²) in [7, 11) is 0. The number of aliphatic hydroxyl groups is 1. The number of rotatable bonds is 3. The van der Waals surface area contributed by atoms with E-state index in [1.807, 2.05) is 6.92 Å². The van der Waals surface area contributed by atoms with Crippen LogP contribution >= 0.6 is 0 Å². The van der Waals surface area contributed by atoms with Gasteiger partial charge in [0.05, 0.1) is 12.2 Å². The van der Waals surface area contributed by atoms with Gasteiger partial charge in [-0.3, -0.25) is 4.79 Å². The molecule has 2 aliphatic rings. The maximum atomic E-state index is 11.0. The number of carbonyl (C=O) groups is 1. The van der Waals surface area contributed by atoms with Gasteiger partial charge in [-0.1, -0.05) is 31.9 Å². The highest BCUT2D eigenvalue weighted by Gasteiger charge is 2.51. The van der Waals surface area contributed by atoms with E-state index in [9.17, 15) is 9.90 Å². The van der Waals surface area contributed by atoms with Crippen molar-refractivity contribution in [2.45, 2.75) is 78.7 Å². The predicted octanol–water partition coefficient (Wildman–Crippen LogP) is 4.00. The molecule has 0 aromatic rings. The first kappa shape index (κ1) is 16.5. The van der Waals surface area contributed by atoms with Crippen molar-refractivity contribution in [3.63, 3.8) is 0 Å². The van der Waals surface area contributed by atoms with Crippen LogP contribution in [-0.2, 0) is 9.53 Å². The topological polar surface area (TPSA) is 46.5 Å². The molecule has 3 heteroatoms. The van der Waals surface area contributed by atoms with Gasteiger partial charge in [0.25, 0.3) is 0 Å². The summed E-state index contributed by atoms with van der Waals surface area (Å²) in [6.45, 7) is 10.6. The van der Waals surface area contributed by atoms with E-state index in [4.69, 9.17) is 4.74 Å². The highest BCUT2D eigenvalue weighted by molar-refractivity contribution is 5.65. The summed E-state index contributed by atoms with van der Waals surface area (Å²) in [4.78, 5) is 11.0. The van der Waals surface area contributed by atoms with Gasteiger partial charge in [0.15, 0.2) is 0 Å². The Labute approximate surface area is 128 Å². The molecule has 2 aliphatic carbocycles. The van der Waals surface area contributed by atoms with E-state index in [1.165, 1.54) is 25.3 Å². The average Bonchev–Trinajstić information content (AvgIpc) is 2.33. The Morgan fingerprint density at radius 1 is 1.14 bits per heavy atom. The van der Waals surface area contributed by atoms with Gasteiger partial charge >= 0.3 is 5.97 Å². The molecule has 21 heavy (non-hydrogen) atoms. The van der Waals surface area contributed by atoms with Gasteiger partial charge in [-0.05, 0) is 50.9 Å². The molecule has 0 bridgehead atoms. The van der Waals surface area contributed by atoms with Gasteiger partial charge in [0, 0.05) is 12.3 Å². The molecule has 0 unspecified atom stereocenters. The smallest absolute Gasteiger partial charge is 0.302 e. The van der Waals surface area contributed by atoms with Crippen LogP contribution in [0.1, 0.15) is 73.1 Å². The zero-order valence-electron chi connectivity index (χ0n) is 14.2. The molecule has 0 aromatic heterocycles. The number of ether oxygens (including phenoxy) is 1. The third-order valence-electron chi connectivity index (χ3n) is 6.03. The molecular formula is C18H30O3. The van der Waals surface area contributed by atoms with Crippen molar-refractivity contribution in [3.8, 4) is 0 Å². The maximum Gasteiger partial charge on any atom is 0.302 e. The van der Waals surface area contributed by atoms with E-state index in [0.29, 0.717) is 13.0 Å². The van der Waals surface area contributed by atoms with Crippen molar-refractivity contribution in [1.82, 2.24) is 0 Å². The van der Waals surface area contributed by atoms with Crippen LogP contribution < -0.4 is 0 Å². The summed E-state index contributed by atoms with van der Waals surface area (Å²) in [5.74, 6) is -0.243. The molecule has 120 valence electrons. The minimum absolute atomic E-state index is 0.243. The third-order valence-corrected chi connectivity index (χ3v) is 6.03. The summed E-state index contributed by atoms with van der Waals surface area (Å²) in [5.41, 5.74) is 2.22. The highest BCUT2D eigenvalue weighted by Crippen LogP contribution is 2.57.